The number of ketones is 1. The van der Waals surface area contributed by atoms with E-state index < -0.39 is 17.7 Å². The topological polar surface area (TPSA) is 81.0 Å². The fourth-order valence-corrected chi connectivity index (χ4v) is 4.86. The third-order valence-corrected chi connectivity index (χ3v) is 6.69. The third kappa shape index (κ3) is 3.69. The number of benzene rings is 3. The zero-order chi connectivity index (χ0) is 25.6. The number of halogens is 1. The molecule has 5 rings (SSSR count). The number of fused-ring (bicyclic) bond motifs is 1. The molecule has 1 fully saturated rings. The van der Waals surface area contributed by atoms with Crippen molar-refractivity contribution < 1.29 is 24.2 Å². The molecule has 182 valence electrons. The van der Waals surface area contributed by atoms with Crippen molar-refractivity contribution in [2.45, 2.75) is 6.04 Å². The number of rotatable bonds is 5. The van der Waals surface area contributed by atoms with E-state index in [-0.39, 0.29) is 16.9 Å². The fraction of sp³-hybridized carbons (Fsp3) is 0.143. The van der Waals surface area contributed by atoms with Crippen LogP contribution in [0.1, 0.15) is 17.2 Å². The Bertz CT molecular complexity index is 1540. The van der Waals surface area contributed by atoms with E-state index in [1.165, 1.54) is 19.1 Å². The van der Waals surface area contributed by atoms with E-state index in [2.05, 4.69) is 0 Å². The summed E-state index contributed by atoms with van der Waals surface area (Å²) in [5, 5.41) is 12.9. The largest absolute Gasteiger partial charge is 0.507 e. The van der Waals surface area contributed by atoms with Crippen molar-refractivity contribution in [1.82, 2.24) is 4.57 Å². The molecule has 0 radical (unpaired) electrons. The number of aliphatic hydroxyl groups excluding tert-OH is 1. The summed E-state index contributed by atoms with van der Waals surface area (Å²) in [6.45, 7) is 0. The van der Waals surface area contributed by atoms with Gasteiger partial charge in [0.05, 0.1) is 31.4 Å². The second-order valence-electron chi connectivity index (χ2n) is 8.42. The van der Waals surface area contributed by atoms with Gasteiger partial charge in [-0.1, -0.05) is 29.8 Å². The number of amides is 1. The molecule has 1 atom stereocenters. The molecule has 1 aliphatic heterocycles. The van der Waals surface area contributed by atoms with Gasteiger partial charge < -0.3 is 19.1 Å². The summed E-state index contributed by atoms with van der Waals surface area (Å²) in [4.78, 5) is 28.4. The predicted molar refractivity (Wildman–Crippen MR) is 139 cm³/mol. The van der Waals surface area contributed by atoms with Crippen molar-refractivity contribution in [3.8, 4) is 11.5 Å². The lowest BCUT2D eigenvalue weighted by Crippen LogP contribution is -2.29. The highest BCUT2D eigenvalue weighted by atomic mass is 35.5. The van der Waals surface area contributed by atoms with Gasteiger partial charge in [-0.15, -0.1) is 0 Å². The average Bonchev–Trinajstić information content (AvgIpc) is 3.37. The first-order valence-electron chi connectivity index (χ1n) is 11.2. The second kappa shape index (κ2) is 9.09. The molecule has 0 aliphatic carbocycles. The van der Waals surface area contributed by atoms with Crippen molar-refractivity contribution >= 4 is 45.6 Å². The molecule has 1 aliphatic rings. The van der Waals surface area contributed by atoms with Crippen LogP contribution in [-0.4, -0.2) is 35.6 Å². The minimum atomic E-state index is -0.895. The zero-order valence-electron chi connectivity index (χ0n) is 19.9. The maximum Gasteiger partial charge on any atom is 0.300 e. The van der Waals surface area contributed by atoms with Gasteiger partial charge in [-0.05, 0) is 48.5 Å². The lowest BCUT2D eigenvalue weighted by molar-refractivity contribution is -0.132. The summed E-state index contributed by atoms with van der Waals surface area (Å²) in [5.41, 5.74) is 2.31. The molecular formula is C28H23ClN2O5. The van der Waals surface area contributed by atoms with Crippen LogP contribution in [0.25, 0.3) is 16.7 Å². The number of carbonyl (C=O) groups excluding carboxylic acids is 2. The van der Waals surface area contributed by atoms with Crippen LogP contribution >= 0.6 is 11.6 Å². The molecule has 1 unspecified atom stereocenters. The van der Waals surface area contributed by atoms with E-state index in [4.69, 9.17) is 21.1 Å². The van der Waals surface area contributed by atoms with Crippen LogP contribution in [0, 0.1) is 0 Å². The van der Waals surface area contributed by atoms with Crippen molar-refractivity contribution in [3.05, 3.63) is 94.6 Å². The summed E-state index contributed by atoms with van der Waals surface area (Å²) >= 11 is 6.09. The number of hydrogen-bond donors (Lipinski definition) is 1. The van der Waals surface area contributed by atoms with Crippen LogP contribution in [-0.2, 0) is 16.6 Å². The van der Waals surface area contributed by atoms with E-state index in [1.807, 2.05) is 42.1 Å². The van der Waals surface area contributed by atoms with Crippen LogP contribution in [0.5, 0.6) is 11.5 Å². The van der Waals surface area contributed by atoms with Gasteiger partial charge >= 0.3 is 0 Å². The maximum absolute atomic E-state index is 13.5. The Morgan fingerprint density at radius 2 is 1.69 bits per heavy atom. The van der Waals surface area contributed by atoms with Crippen LogP contribution in [0.3, 0.4) is 0 Å². The number of aromatic nitrogens is 1. The molecule has 1 aromatic heterocycles. The molecule has 1 amide bonds. The SMILES string of the molecule is COc1ccc(OC)c(/C(O)=C2\C(=O)C(=O)N(c3ccc(Cl)cc3)C2c2cn(C)c3ccccc23)c1. The average molecular weight is 503 g/mol. The molecule has 7 nitrogen and oxygen atoms in total. The molecular weight excluding hydrogens is 480 g/mol. The number of methoxy groups -OCH3 is 2. The fourth-order valence-electron chi connectivity index (χ4n) is 4.73. The first kappa shape index (κ1) is 23.5. The number of Topliss-reactive ketones (excluding diaryl/α,β-unsaturated/α-hetero) is 1. The van der Waals surface area contributed by atoms with Gasteiger partial charge in [0, 0.05) is 40.4 Å². The van der Waals surface area contributed by atoms with Crippen molar-refractivity contribution in [2.75, 3.05) is 19.1 Å². The Balaban J connectivity index is 1.82. The summed E-state index contributed by atoms with van der Waals surface area (Å²) in [5.74, 6) is -1.10. The van der Waals surface area contributed by atoms with E-state index in [0.717, 1.165) is 10.9 Å². The summed E-state index contributed by atoms with van der Waals surface area (Å²) in [7, 11) is 4.86. The summed E-state index contributed by atoms with van der Waals surface area (Å²) < 4.78 is 12.7. The number of ether oxygens (including phenoxy) is 2. The molecule has 0 bridgehead atoms. The first-order valence-corrected chi connectivity index (χ1v) is 11.6. The maximum atomic E-state index is 13.5. The van der Waals surface area contributed by atoms with Gasteiger partial charge in [0.15, 0.2) is 0 Å². The van der Waals surface area contributed by atoms with Gasteiger partial charge in [-0.25, -0.2) is 0 Å². The Hall–Kier alpha value is -4.23. The number of carbonyl (C=O) groups is 2. The highest BCUT2D eigenvalue weighted by molar-refractivity contribution is 6.52. The summed E-state index contributed by atoms with van der Waals surface area (Å²) in [6, 6.07) is 18.4. The number of para-hydroxylation sites is 1. The van der Waals surface area contributed by atoms with E-state index in [1.54, 1.807) is 42.5 Å². The third-order valence-electron chi connectivity index (χ3n) is 6.43. The number of hydrogen-bond acceptors (Lipinski definition) is 5. The van der Waals surface area contributed by atoms with E-state index in [9.17, 15) is 14.7 Å². The molecule has 0 spiro atoms. The molecule has 0 saturated carbocycles. The molecule has 2 heterocycles. The predicted octanol–water partition coefficient (Wildman–Crippen LogP) is 5.48. The normalized spacial score (nSPS) is 17.1. The van der Waals surface area contributed by atoms with Gasteiger partial charge in [-0.2, -0.15) is 0 Å². The molecule has 1 saturated heterocycles. The molecule has 3 aromatic carbocycles. The molecule has 8 heteroatoms. The first-order chi connectivity index (χ1) is 17.3. The Morgan fingerprint density at radius 3 is 2.39 bits per heavy atom. The number of aryl methyl sites for hydroxylation is 1. The molecule has 1 N–H and O–H groups in total. The van der Waals surface area contributed by atoms with Gasteiger partial charge in [0.25, 0.3) is 11.7 Å². The van der Waals surface area contributed by atoms with E-state index in [0.29, 0.717) is 27.8 Å². The van der Waals surface area contributed by atoms with Crippen LogP contribution in [0.4, 0.5) is 5.69 Å². The standard InChI is InChI=1S/C28H23ClN2O5/c1-30-15-21(19-6-4-5-7-22(19)30)25-24(26(32)20-14-18(35-2)12-13-23(20)36-3)27(33)28(34)31(25)17-10-8-16(29)9-11-17/h4-15,25,32H,1-3H3/b26-24+. The highest BCUT2D eigenvalue weighted by Crippen LogP contribution is 2.46. The van der Waals surface area contributed by atoms with Gasteiger partial charge in [0.2, 0.25) is 0 Å². The van der Waals surface area contributed by atoms with Crippen molar-refractivity contribution in [3.63, 3.8) is 0 Å². The van der Waals surface area contributed by atoms with Crippen molar-refractivity contribution in [2.24, 2.45) is 7.05 Å². The second-order valence-corrected chi connectivity index (χ2v) is 8.86. The monoisotopic (exact) mass is 502 g/mol. The quantitative estimate of drug-likeness (QED) is 0.222. The minimum absolute atomic E-state index is 0.0437. The number of aliphatic hydroxyl groups is 1. The molecule has 4 aromatic rings. The van der Waals surface area contributed by atoms with Gasteiger partial charge in [0.1, 0.15) is 17.3 Å². The van der Waals surface area contributed by atoms with Crippen LogP contribution < -0.4 is 14.4 Å². The summed E-state index contributed by atoms with van der Waals surface area (Å²) in [6.07, 6.45) is 1.88. The number of nitrogens with zero attached hydrogens (tertiary/aromatic N) is 2. The lowest BCUT2D eigenvalue weighted by atomic mass is 9.94. The van der Waals surface area contributed by atoms with Crippen molar-refractivity contribution in [1.29, 1.82) is 0 Å². The Kier molecular flexibility index (Phi) is 5.94. The zero-order valence-corrected chi connectivity index (χ0v) is 20.6. The van der Waals surface area contributed by atoms with Crippen LogP contribution in [0.15, 0.2) is 78.5 Å². The van der Waals surface area contributed by atoms with Gasteiger partial charge in [-0.3, -0.25) is 14.5 Å². The number of anilines is 1. The van der Waals surface area contributed by atoms with E-state index >= 15 is 0 Å². The smallest absolute Gasteiger partial charge is 0.300 e. The highest BCUT2D eigenvalue weighted by Gasteiger charge is 2.48. The lowest BCUT2D eigenvalue weighted by Gasteiger charge is -2.25. The molecule has 36 heavy (non-hydrogen) atoms. The Morgan fingerprint density at radius 1 is 0.972 bits per heavy atom. The minimum Gasteiger partial charge on any atom is -0.507 e. The Labute approximate surface area is 212 Å². The van der Waals surface area contributed by atoms with Crippen LogP contribution in [0.2, 0.25) is 5.02 Å².